The molecular formula is C16H24N4O2. The van der Waals surface area contributed by atoms with Crippen LogP contribution in [0.5, 0.6) is 0 Å². The van der Waals surface area contributed by atoms with E-state index in [2.05, 4.69) is 4.98 Å². The Morgan fingerprint density at radius 1 is 1.18 bits per heavy atom. The molecule has 0 atom stereocenters. The van der Waals surface area contributed by atoms with Crippen molar-refractivity contribution < 1.29 is 0 Å². The maximum atomic E-state index is 12.6. The molecule has 6 heteroatoms. The maximum Gasteiger partial charge on any atom is 0.332 e. The van der Waals surface area contributed by atoms with Gasteiger partial charge in [-0.25, -0.2) is 9.78 Å². The molecule has 1 aliphatic carbocycles. The molecular weight excluding hydrogens is 280 g/mol. The molecule has 2 aromatic rings. The van der Waals surface area contributed by atoms with Crippen molar-refractivity contribution in [2.75, 3.05) is 0 Å². The highest BCUT2D eigenvalue weighted by Gasteiger charge is 2.16. The maximum absolute atomic E-state index is 12.6. The van der Waals surface area contributed by atoms with Crippen molar-refractivity contribution in [1.29, 1.82) is 0 Å². The highest BCUT2D eigenvalue weighted by molar-refractivity contribution is 5.69. The first kappa shape index (κ1) is 15.1. The Bertz CT molecular complexity index is 778. The van der Waals surface area contributed by atoms with E-state index in [0.29, 0.717) is 17.7 Å². The zero-order valence-electron chi connectivity index (χ0n) is 13.4. The molecule has 0 aliphatic heterocycles. The number of fused-ring (bicyclic) bond motifs is 1. The number of imidazole rings is 1. The number of hydrogen-bond acceptors (Lipinski definition) is 3. The van der Waals surface area contributed by atoms with Crippen molar-refractivity contribution in [3.8, 4) is 0 Å². The topological polar surface area (TPSA) is 61.8 Å². The Hall–Kier alpha value is -1.85. The molecule has 0 spiro atoms. The standard InChI is InChI=1S/C16H24N4O2/c1-18-11-17-14-13(18)15(21)20(16(22)19(14)2)10-6-9-12-7-4-3-5-8-12/h11-12H,3-10H2,1-2H3. The summed E-state index contributed by atoms with van der Waals surface area (Å²) in [6.07, 6.45) is 10.2. The minimum atomic E-state index is -0.264. The minimum absolute atomic E-state index is 0.221. The van der Waals surface area contributed by atoms with E-state index in [1.807, 2.05) is 0 Å². The van der Waals surface area contributed by atoms with Crippen LogP contribution in [0.3, 0.4) is 0 Å². The molecule has 6 nitrogen and oxygen atoms in total. The van der Waals surface area contributed by atoms with E-state index < -0.39 is 0 Å². The van der Waals surface area contributed by atoms with Crippen LogP contribution < -0.4 is 11.2 Å². The summed E-state index contributed by atoms with van der Waals surface area (Å²) in [6.45, 7) is 0.503. The highest BCUT2D eigenvalue weighted by Crippen LogP contribution is 2.27. The van der Waals surface area contributed by atoms with E-state index in [-0.39, 0.29) is 11.2 Å². The van der Waals surface area contributed by atoms with E-state index in [1.54, 1.807) is 25.0 Å². The lowest BCUT2D eigenvalue weighted by Gasteiger charge is -2.21. The van der Waals surface area contributed by atoms with Crippen LogP contribution in [0, 0.1) is 5.92 Å². The Labute approximate surface area is 129 Å². The summed E-state index contributed by atoms with van der Waals surface area (Å²) >= 11 is 0. The molecule has 0 unspecified atom stereocenters. The molecule has 0 N–H and O–H groups in total. The first-order valence-electron chi connectivity index (χ1n) is 8.20. The van der Waals surface area contributed by atoms with Crippen LogP contribution >= 0.6 is 0 Å². The molecule has 22 heavy (non-hydrogen) atoms. The molecule has 2 heterocycles. The number of rotatable bonds is 4. The van der Waals surface area contributed by atoms with Gasteiger partial charge in [0.1, 0.15) is 0 Å². The second kappa shape index (κ2) is 6.10. The van der Waals surface area contributed by atoms with E-state index in [0.717, 1.165) is 18.8 Å². The van der Waals surface area contributed by atoms with Gasteiger partial charge in [-0.2, -0.15) is 0 Å². The second-order valence-electron chi connectivity index (χ2n) is 6.47. The van der Waals surface area contributed by atoms with Crippen LogP contribution in [-0.4, -0.2) is 18.7 Å². The second-order valence-corrected chi connectivity index (χ2v) is 6.47. The van der Waals surface area contributed by atoms with Crippen LogP contribution in [0.2, 0.25) is 0 Å². The van der Waals surface area contributed by atoms with Crippen molar-refractivity contribution in [3.05, 3.63) is 27.2 Å². The molecule has 0 bridgehead atoms. The van der Waals surface area contributed by atoms with Crippen LogP contribution in [0.4, 0.5) is 0 Å². The van der Waals surface area contributed by atoms with E-state index >= 15 is 0 Å². The van der Waals surface area contributed by atoms with Gasteiger partial charge in [0, 0.05) is 20.6 Å². The first-order valence-corrected chi connectivity index (χ1v) is 8.20. The lowest BCUT2D eigenvalue weighted by molar-refractivity contribution is 0.324. The predicted octanol–water partition coefficient (Wildman–Crippen LogP) is 1.79. The van der Waals surface area contributed by atoms with E-state index in [9.17, 15) is 9.59 Å². The van der Waals surface area contributed by atoms with Gasteiger partial charge in [0.05, 0.1) is 6.33 Å². The van der Waals surface area contributed by atoms with Crippen LogP contribution in [0.15, 0.2) is 15.9 Å². The summed E-state index contributed by atoms with van der Waals surface area (Å²) in [5.41, 5.74) is 0.474. The fourth-order valence-electron chi connectivity index (χ4n) is 3.61. The lowest BCUT2D eigenvalue weighted by atomic mass is 9.86. The Kier molecular flexibility index (Phi) is 4.18. The molecule has 1 fully saturated rings. The molecule has 3 rings (SSSR count). The van der Waals surface area contributed by atoms with Crippen molar-refractivity contribution in [1.82, 2.24) is 18.7 Å². The summed E-state index contributed by atoms with van der Waals surface area (Å²) in [4.78, 5) is 29.1. The molecule has 0 radical (unpaired) electrons. The third-order valence-corrected chi connectivity index (χ3v) is 4.92. The predicted molar refractivity (Wildman–Crippen MR) is 86.0 cm³/mol. The van der Waals surface area contributed by atoms with E-state index in [1.165, 1.54) is 41.2 Å². The fraction of sp³-hybridized carbons (Fsp3) is 0.688. The first-order chi connectivity index (χ1) is 10.6. The van der Waals surface area contributed by atoms with Gasteiger partial charge >= 0.3 is 5.69 Å². The number of nitrogens with zero attached hydrogens (tertiary/aromatic N) is 4. The van der Waals surface area contributed by atoms with Crippen LogP contribution in [-0.2, 0) is 20.6 Å². The van der Waals surface area contributed by atoms with Crippen molar-refractivity contribution >= 4 is 11.2 Å². The molecule has 1 saturated carbocycles. The van der Waals surface area contributed by atoms with E-state index in [4.69, 9.17) is 0 Å². The molecule has 0 saturated heterocycles. The molecule has 2 aromatic heterocycles. The summed E-state index contributed by atoms with van der Waals surface area (Å²) < 4.78 is 4.53. The van der Waals surface area contributed by atoms with Gasteiger partial charge in [0.25, 0.3) is 5.56 Å². The van der Waals surface area contributed by atoms with Gasteiger partial charge in [0.15, 0.2) is 11.2 Å². The zero-order valence-corrected chi connectivity index (χ0v) is 13.4. The van der Waals surface area contributed by atoms with Crippen LogP contribution in [0.25, 0.3) is 11.2 Å². The van der Waals surface area contributed by atoms with Gasteiger partial charge in [-0.15, -0.1) is 0 Å². The van der Waals surface area contributed by atoms with Gasteiger partial charge in [0.2, 0.25) is 0 Å². The average molecular weight is 304 g/mol. The summed E-state index contributed by atoms with van der Waals surface area (Å²) in [6, 6.07) is 0. The van der Waals surface area contributed by atoms with Gasteiger partial charge in [-0.05, 0) is 18.8 Å². The third-order valence-electron chi connectivity index (χ3n) is 4.92. The molecule has 1 aliphatic rings. The fourth-order valence-corrected chi connectivity index (χ4v) is 3.61. The van der Waals surface area contributed by atoms with Crippen molar-refractivity contribution in [3.63, 3.8) is 0 Å². The Morgan fingerprint density at radius 2 is 1.91 bits per heavy atom. The van der Waals surface area contributed by atoms with Gasteiger partial charge in [-0.1, -0.05) is 32.1 Å². The third kappa shape index (κ3) is 2.62. The van der Waals surface area contributed by atoms with Crippen LogP contribution in [0.1, 0.15) is 44.9 Å². The Balaban J connectivity index is 1.82. The monoisotopic (exact) mass is 304 g/mol. The number of hydrogen-bond donors (Lipinski definition) is 0. The lowest BCUT2D eigenvalue weighted by Crippen LogP contribution is -2.39. The average Bonchev–Trinajstić information content (AvgIpc) is 2.91. The SMILES string of the molecule is Cn1cnc2c1c(=O)n(CCCC1CCCCC1)c(=O)n2C. The molecule has 0 aromatic carbocycles. The molecule has 0 amide bonds. The van der Waals surface area contributed by atoms with Gasteiger partial charge < -0.3 is 4.57 Å². The quantitative estimate of drug-likeness (QED) is 0.865. The minimum Gasteiger partial charge on any atom is -0.328 e. The van der Waals surface area contributed by atoms with Crippen molar-refractivity contribution in [2.24, 2.45) is 20.0 Å². The van der Waals surface area contributed by atoms with Crippen molar-refractivity contribution in [2.45, 2.75) is 51.5 Å². The Morgan fingerprint density at radius 3 is 2.64 bits per heavy atom. The smallest absolute Gasteiger partial charge is 0.328 e. The summed E-state index contributed by atoms with van der Waals surface area (Å²) in [5.74, 6) is 0.772. The molecule has 120 valence electrons. The van der Waals surface area contributed by atoms with Gasteiger partial charge in [-0.3, -0.25) is 13.9 Å². The normalized spacial score (nSPS) is 16.5. The highest BCUT2D eigenvalue weighted by atomic mass is 16.2. The summed E-state index contributed by atoms with van der Waals surface area (Å²) in [7, 11) is 3.46. The number of aryl methyl sites for hydroxylation is 2. The number of aromatic nitrogens is 4. The zero-order chi connectivity index (χ0) is 15.7. The largest absolute Gasteiger partial charge is 0.332 e. The summed E-state index contributed by atoms with van der Waals surface area (Å²) in [5, 5.41) is 0.